The first-order chi connectivity index (χ1) is 14.3. The number of carbonyl (C=O) groups excluding carboxylic acids is 1. The Balaban J connectivity index is 1.76. The van der Waals surface area contributed by atoms with Gasteiger partial charge in [-0.05, 0) is 44.2 Å². The Morgan fingerprint density at radius 3 is 2.63 bits per heavy atom. The number of imidazole rings is 1. The normalized spacial score (nSPS) is 12.5. The van der Waals surface area contributed by atoms with Gasteiger partial charge in [0.1, 0.15) is 11.4 Å². The molecular weight excluding hydrogens is 429 g/mol. The fraction of sp³-hybridized carbons (Fsp3) is 0.200. The smallest absolute Gasteiger partial charge is 0.238 e. The van der Waals surface area contributed by atoms with Gasteiger partial charge in [-0.1, -0.05) is 28.4 Å². The number of oxime groups is 1. The number of pyridine rings is 1. The van der Waals surface area contributed by atoms with Crippen molar-refractivity contribution in [1.29, 1.82) is 0 Å². The predicted molar refractivity (Wildman–Crippen MR) is 115 cm³/mol. The lowest BCUT2D eigenvalue weighted by Crippen LogP contribution is -2.22. The van der Waals surface area contributed by atoms with Crippen molar-refractivity contribution in [3.8, 4) is 11.6 Å². The number of methoxy groups -OCH3 is 1. The zero-order valence-electron chi connectivity index (χ0n) is 16.5. The Morgan fingerprint density at radius 1 is 1.23 bits per heavy atom. The summed E-state index contributed by atoms with van der Waals surface area (Å²) in [6, 6.07) is 8.02. The molecular formula is C20H19Cl2N5O3. The number of halogens is 2. The number of Topliss-reactive ketones (excluding diaryl/α,β-unsaturated/α-hetero) is 1. The minimum atomic E-state index is -0.893. The van der Waals surface area contributed by atoms with Gasteiger partial charge in [-0.2, -0.15) is 0 Å². The number of hydrogen-bond donors (Lipinski definition) is 1. The van der Waals surface area contributed by atoms with Gasteiger partial charge < -0.3 is 19.9 Å². The second-order valence-corrected chi connectivity index (χ2v) is 7.18. The van der Waals surface area contributed by atoms with Crippen LogP contribution >= 0.6 is 23.2 Å². The predicted octanol–water partition coefficient (Wildman–Crippen LogP) is 3.80. The summed E-state index contributed by atoms with van der Waals surface area (Å²) in [7, 11) is 1.50. The average Bonchev–Trinajstić information content (AvgIpc) is 3.18. The number of ketones is 1. The number of ether oxygens (including phenoxy) is 1. The van der Waals surface area contributed by atoms with Gasteiger partial charge in [0.2, 0.25) is 11.7 Å². The molecule has 0 aliphatic rings. The van der Waals surface area contributed by atoms with E-state index in [1.165, 1.54) is 13.2 Å². The highest BCUT2D eigenvalue weighted by Gasteiger charge is 2.18. The monoisotopic (exact) mass is 447 g/mol. The molecule has 2 heterocycles. The molecule has 30 heavy (non-hydrogen) atoms. The molecule has 3 rings (SSSR count). The molecule has 1 atom stereocenters. The van der Waals surface area contributed by atoms with Gasteiger partial charge in [-0.25, -0.2) is 9.97 Å². The molecule has 1 aromatic carbocycles. The summed E-state index contributed by atoms with van der Waals surface area (Å²) in [5, 5.41) is 4.48. The number of nitrogens with two attached hydrogens (primary N) is 1. The fourth-order valence-corrected chi connectivity index (χ4v) is 2.89. The third-order valence-electron chi connectivity index (χ3n) is 4.17. The number of nitrogens with zero attached hydrogens (tertiary/aromatic N) is 4. The Labute approximate surface area is 183 Å². The zero-order valence-corrected chi connectivity index (χ0v) is 18.0. The van der Waals surface area contributed by atoms with E-state index in [1.54, 1.807) is 42.1 Å². The number of carbonyl (C=O) groups is 1. The van der Waals surface area contributed by atoms with E-state index >= 15 is 0 Å². The highest BCUT2D eigenvalue weighted by molar-refractivity contribution is 6.42. The third-order valence-corrected chi connectivity index (χ3v) is 4.91. The van der Waals surface area contributed by atoms with E-state index in [0.717, 1.165) is 5.69 Å². The van der Waals surface area contributed by atoms with Crippen LogP contribution in [0, 0.1) is 6.92 Å². The standard InChI is InChI=1S/C20H19Cl2N5O3/c1-11-9-27(10-24-11)17-7-6-16(25-20(17)29-3)19(23)26-30-12(2)18(28)13-4-5-14(21)15(22)8-13/h4-10,12H,1-3H3,(H2,23,26). The van der Waals surface area contributed by atoms with Gasteiger partial charge in [0.15, 0.2) is 11.9 Å². The van der Waals surface area contributed by atoms with Crippen LogP contribution in [0.5, 0.6) is 5.88 Å². The molecule has 156 valence electrons. The first-order valence-corrected chi connectivity index (χ1v) is 9.60. The van der Waals surface area contributed by atoms with E-state index in [1.807, 2.05) is 13.1 Å². The molecule has 8 nitrogen and oxygen atoms in total. The maximum Gasteiger partial charge on any atom is 0.238 e. The lowest BCUT2D eigenvalue weighted by molar-refractivity contribution is 0.0502. The van der Waals surface area contributed by atoms with Gasteiger partial charge >= 0.3 is 0 Å². The number of hydrogen-bond acceptors (Lipinski definition) is 6. The van der Waals surface area contributed by atoms with Crippen LogP contribution in [0.25, 0.3) is 5.69 Å². The van der Waals surface area contributed by atoms with Crippen molar-refractivity contribution in [2.75, 3.05) is 7.11 Å². The first-order valence-electron chi connectivity index (χ1n) is 8.85. The van der Waals surface area contributed by atoms with E-state index < -0.39 is 6.10 Å². The molecule has 0 radical (unpaired) electrons. The number of benzene rings is 1. The molecule has 0 fully saturated rings. The summed E-state index contributed by atoms with van der Waals surface area (Å²) in [6.45, 7) is 3.44. The number of aryl methyl sites for hydroxylation is 1. The van der Waals surface area contributed by atoms with Gasteiger partial charge in [-0.3, -0.25) is 4.79 Å². The summed E-state index contributed by atoms with van der Waals surface area (Å²) in [5.41, 5.74) is 8.22. The molecule has 0 bridgehead atoms. The molecule has 0 spiro atoms. The minimum Gasteiger partial charge on any atom is -0.479 e. The second-order valence-electron chi connectivity index (χ2n) is 6.36. The van der Waals surface area contributed by atoms with E-state index in [0.29, 0.717) is 27.8 Å². The van der Waals surface area contributed by atoms with Crippen molar-refractivity contribution in [2.45, 2.75) is 20.0 Å². The van der Waals surface area contributed by atoms with Crippen molar-refractivity contribution in [1.82, 2.24) is 14.5 Å². The lowest BCUT2D eigenvalue weighted by Gasteiger charge is -2.11. The topological polar surface area (TPSA) is 105 Å². The Hall–Kier alpha value is -3.10. The van der Waals surface area contributed by atoms with Crippen LogP contribution < -0.4 is 10.5 Å². The van der Waals surface area contributed by atoms with Gasteiger partial charge in [0.05, 0.1) is 29.2 Å². The van der Waals surface area contributed by atoms with E-state index in [2.05, 4.69) is 15.1 Å². The molecule has 1 unspecified atom stereocenters. The first kappa shape index (κ1) is 21.6. The Morgan fingerprint density at radius 2 is 2.00 bits per heavy atom. The third kappa shape index (κ3) is 4.72. The number of rotatable bonds is 7. The van der Waals surface area contributed by atoms with Crippen LogP contribution in [0.3, 0.4) is 0 Å². The van der Waals surface area contributed by atoms with Crippen LogP contribution in [-0.2, 0) is 4.84 Å². The highest BCUT2D eigenvalue weighted by Crippen LogP contribution is 2.24. The molecule has 10 heteroatoms. The Kier molecular flexibility index (Phi) is 6.59. The number of aromatic nitrogens is 3. The molecule has 0 aliphatic heterocycles. The quantitative estimate of drug-likeness (QED) is 0.255. The Bertz CT molecular complexity index is 1110. The van der Waals surface area contributed by atoms with Crippen molar-refractivity contribution in [3.05, 3.63) is 69.9 Å². The summed E-state index contributed by atoms with van der Waals surface area (Å²) in [5.74, 6) is 0.0138. The summed E-state index contributed by atoms with van der Waals surface area (Å²) >= 11 is 11.8. The van der Waals surface area contributed by atoms with Crippen LogP contribution in [0.15, 0.2) is 48.0 Å². The minimum absolute atomic E-state index is 0.00421. The van der Waals surface area contributed by atoms with E-state index in [-0.39, 0.29) is 16.6 Å². The summed E-state index contributed by atoms with van der Waals surface area (Å²) in [4.78, 5) is 26.3. The second kappa shape index (κ2) is 9.15. The van der Waals surface area contributed by atoms with Crippen LogP contribution in [0.1, 0.15) is 28.7 Å². The lowest BCUT2D eigenvalue weighted by atomic mass is 10.1. The van der Waals surface area contributed by atoms with E-state index in [9.17, 15) is 4.79 Å². The largest absolute Gasteiger partial charge is 0.479 e. The maximum atomic E-state index is 12.5. The van der Waals surface area contributed by atoms with Crippen LogP contribution in [0.2, 0.25) is 10.0 Å². The maximum absolute atomic E-state index is 12.5. The molecule has 2 aromatic heterocycles. The van der Waals surface area contributed by atoms with Crippen molar-refractivity contribution >= 4 is 34.8 Å². The molecule has 3 aromatic rings. The zero-order chi connectivity index (χ0) is 21.8. The van der Waals surface area contributed by atoms with Gasteiger partial charge in [0, 0.05) is 11.8 Å². The molecule has 0 saturated heterocycles. The van der Waals surface area contributed by atoms with Crippen molar-refractivity contribution in [3.63, 3.8) is 0 Å². The summed E-state index contributed by atoms with van der Waals surface area (Å²) in [6.07, 6.45) is 2.61. The number of amidine groups is 1. The highest BCUT2D eigenvalue weighted by atomic mass is 35.5. The van der Waals surface area contributed by atoms with Crippen molar-refractivity contribution < 1.29 is 14.4 Å². The van der Waals surface area contributed by atoms with Crippen LogP contribution in [0.4, 0.5) is 0 Å². The van der Waals surface area contributed by atoms with Gasteiger partial charge in [-0.15, -0.1) is 0 Å². The van der Waals surface area contributed by atoms with E-state index in [4.69, 9.17) is 38.5 Å². The van der Waals surface area contributed by atoms with Crippen molar-refractivity contribution in [2.24, 2.45) is 10.9 Å². The molecule has 2 N–H and O–H groups in total. The summed E-state index contributed by atoms with van der Waals surface area (Å²) < 4.78 is 7.14. The SMILES string of the molecule is COc1nc(C(N)=NOC(C)C(=O)c2ccc(Cl)c(Cl)c2)ccc1-n1cnc(C)c1. The molecule has 0 saturated carbocycles. The molecule has 0 aliphatic carbocycles. The molecule has 0 amide bonds. The van der Waals surface area contributed by atoms with Gasteiger partial charge in [0.25, 0.3) is 0 Å². The van der Waals surface area contributed by atoms with Crippen LogP contribution in [-0.4, -0.2) is 39.4 Å². The fourth-order valence-electron chi connectivity index (χ4n) is 2.59. The average molecular weight is 448 g/mol.